The fourth-order valence-corrected chi connectivity index (χ4v) is 3.08. The monoisotopic (exact) mass is 414 g/mol. The number of methoxy groups -OCH3 is 1. The summed E-state index contributed by atoms with van der Waals surface area (Å²) in [6, 6.07) is 22.3. The van der Waals surface area contributed by atoms with Gasteiger partial charge in [0.2, 0.25) is 0 Å². The first-order chi connectivity index (χ1) is 15.0. The molecule has 0 bridgehead atoms. The van der Waals surface area contributed by atoms with Crippen LogP contribution in [0.25, 0.3) is 16.9 Å². The molecule has 1 amide bonds. The molecule has 0 radical (unpaired) electrons. The second kappa shape index (κ2) is 8.50. The Hall–Kier alpha value is -4.46. The molecular weight excluding hydrogens is 396 g/mol. The Kier molecular flexibility index (Phi) is 5.44. The first-order valence-electron chi connectivity index (χ1n) is 9.40. The van der Waals surface area contributed by atoms with Gasteiger partial charge in [-0.25, -0.2) is 4.68 Å². The maximum absolute atomic E-state index is 13.1. The molecule has 3 aromatic carbocycles. The summed E-state index contributed by atoms with van der Waals surface area (Å²) in [5.41, 5.74) is 2.72. The summed E-state index contributed by atoms with van der Waals surface area (Å²) in [4.78, 5) is 23.6. The van der Waals surface area contributed by atoms with Gasteiger partial charge in [-0.2, -0.15) is 5.10 Å². The first kappa shape index (κ1) is 19.8. The lowest BCUT2D eigenvalue weighted by atomic mass is 10.1. The van der Waals surface area contributed by atoms with E-state index < -0.39 is 4.92 Å². The predicted octanol–water partition coefficient (Wildman–Crippen LogP) is 4.71. The molecule has 4 rings (SSSR count). The van der Waals surface area contributed by atoms with Gasteiger partial charge in [0.1, 0.15) is 11.4 Å². The van der Waals surface area contributed by atoms with Crippen LogP contribution >= 0.6 is 0 Å². The summed E-state index contributed by atoms with van der Waals surface area (Å²) >= 11 is 0. The van der Waals surface area contributed by atoms with Crippen molar-refractivity contribution in [3.63, 3.8) is 0 Å². The van der Waals surface area contributed by atoms with Crippen molar-refractivity contribution in [3.05, 3.63) is 101 Å². The van der Waals surface area contributed by atoms with Crippen molar-refractivity contribution < 1.29 is 14.5 Å². The standard InChI is InChI=1S/C23H18N4O4/c1-31-20-13-9-17(10-14-20)24-23(28)21-15-26(18-5-3-2-4-6-18)25-22(21)16-7-11-19(12-8-16)27(29)30/h2-15H,1H3,(H,24,28). The van der Waals surface area contributed by atoms with Crippen LogP contribution in [0, 0.1) is 10.1 Å². The molecule has 0 aliphatic heterocycles. The SMILES string of the molecule is COc1ccc(NC(=O)c2cn(-c3ccccc3)nc2-c2ccc([N+](=O)[O-])cc2)cc1. The van der Waals surface area contributed by atoms with E-state index in [9.17, 15) is 14.9 Å². The number of hydrogen-bond acceptors (Lipinski definition) is 5. The zero-order chi connectivity index (χ0) is 21.8. The maximum atomic E-state index is 13.1. The summed E-state index contributed by atoms with van der Waals surface area (Å²) in [6.07, 6.45) is 1.64. The van der Waals surface area contributed by atoms with Crippen molar-refractivity contribution in [2.24, 2.45) is 0 Å². The van der Waals surface area contributed by atoms with Crippen LogP contribution in [0.15, 0.2) is 85.1 Å². The Morgan fingerprint density at radius 3 is 2.29 bits per heavy atom. The van der Waals surface area contributed by atoms with Crippen LogP contribution in [0.4, 0.5) is 11.4 Å². The highest BCUT2D eigenvalue weighted by Crippen LogP contribution is 2.27. The lowest BCUT2D eigenvalue weighted by Crippen LogP contribution is -2.12. The molecule has 0 aliphatic rings. The molecule has 8 nitrogen and oxygen atoms in total. The summed E-state index contributed by atoms with van der Waals surface area (Å²) in [5.74, 6) is 0.335. The number of para-hydroxylation sites is 1. The van der Waals surface area contributed by atoms with Crippen molar-refractivity contribution in [1.82, 2.24) is 9.78 Å². The van der Waals surface area contributed by atoms with Gasteiger partial charge in [0, 0.05) is 29.6 Å². The van der Waals surface area contributed by atoms with E-state index in [1.807, 2.05) is 30.3 Å². The van der Waals surface area contributed by atoms with Crippen molar-refractivity contribution in [2.75, 3.05) is 12.4 Å². The summed E-state index contributed by atoms with van der Waals surface area (Å²) in [6.45, 7) is 0. The largest absolute Gasteiger partial charge is 0.497 e. The number of carbonyl (C=O) groups is 1. The van der Waals surface area contributed by atoms with E-state index in [0.29, 0.717) is 28.3 Å². The topological polar surface area (TPSA) is 99.3 Å². The molecule has 1 aromatic heterocycles. The van der Waals surface area contributed by atoms with E-state index >= 15 is 0 Å². The first-order valence-corrected chi connectivity index (χ1v) is 9.40. The molecule has 1 N–H and O–H groups in total. The lowest BCUT2D eigenvalue weighted by Gasteiger charge is -2.06. The third-order valence-corrected chi connectivity index (χ3v) is 4.68. The summed E-state index contributed by atoms with van der Waals surface area (Å²) in [7, 11) is 1.57. The van der Waals surface area contributed by atoms with Gasteiger partial charge in [0.15, 0.2) is 0 Å². The number of nitrogens with one attached hydrogen (secondary N) is 1. The molecule has 0 saturated carbocycles. The molecule has 0 atom stereocenters. The van der Waals surface area contributed by atoms with E-state index in [1.54, 1.807) is 54.4 Å². The van der Waals surface area contributed by atoms with Crippen molar-refractivity contribution in [1.29, 1.82) is 0 Å². The molecule has 0 spiro atoms. The Bertz CT molecular complexity index is 1220. The normalized spacial score (nSPS) is 10.5. The average Bonchev–Trinajstić information content (AvgIpc) is 3.26. The Balaban J connectivity index is 1.72. The van der Waals surface area contributed by atoms with E-state index in [2.05, 4.69) is 10.4 Å². The molecule has 31 heavy (non-hydrogen) atoms. The highest BCUT2D eigenvalue weighted by Gasteiger charge is 2.20. The Morgan fingerprint density at radius 1 is 1.00 bits per heavy atom. The average molecular weight is 414 g/mol. The van der Waals surface area contributed by atoms with Crippen LogP contribution in [-0.2, 0) is 0 Å². The fraction of sp³-hybridized carbons (Fsp3) is 0.0435. The number of carbonyl (C=O) groups excluding carboxylic acids is 1. The van der Waals surface area contributed by atoms with Crippen molar-refractivity contribution in [3.8, 4) is 22.7 Å². The van der Waals surface area contributed by atoms with Crippen LogP contribution in [0.2, 0.25) is 0 Å². The van der Waals surface area contributed by atoms with Crippen LogP contribution in [0.1, 0.15) is 10.4 Å². The lowest BCUT2D eigenvalue weighted by molar-refractivity contribution is -0.384. The highest BCUT2D eigenvalue weighted by atomic mass is 16.6. The summed E-state index contributed by atoms with van der Waals surface area (Å²) < 4.78 is 6.75. The van der Waals surface area contributed by atoms with Gasteiger partial charge in [-0.3, -0.25) is 14.9 Å². The fourth-order valence-electron chi connectivity index (χ4n) is 3.08. The minimum Gasteiger partial charge on any atom is -0.497 e. The molecule has 0 fully saturated rings. The molecule has 8 heteroatoms. The van der Waals surface area contributed by atoms with Gasteiger partial charge in [-0.15, -0.1) is 0 Å². The van der Waals surface area contributed by atoms with Crippen LogP contribution < -0.4 is 10.1 Å². The number of nitro benzene ring substituents is 1. The smallest absolute Gasteiger partial charge is 0.269 e. The number of nitrogens with zero attached hydrogens (tertiary/aromatic N) is 3. The van der Waals surface area contributed by atoms with E-state index in [-0.39, 0.29) is 11.6 Å². The number of anilines is 1. The van der Waals surface area contributed by atoms with E-state index in [4.69, 9.17) is 4.74 Å². The molecule has 0 aliphatic carbocycles. The highest BCUT2D eigenvalue weighted by molar-refractivity contribution is 6.08. The third-order valence-electron chi connectivity index (χ3n) is 4.68. The van der Waals surface area contributed by atoms with Gasteiger partial charge < -0.3 is 10.1 Å². The van der Waals surface area contributed by atoms with Gasteiger partial charge in [-0.1, -0.05) is 18.2 Å². The van der Waals surface area contributed by atoms with Crippen LogP contribution in [0.3, 0.4) is 0 Å². The number of rotatable bonds is 6. The minimum absolute atomic E-state index is 0.0320. The van der Waals surface area contributed by atoms with Gasteiger partial charge in [0.25, 0.3) is 11.6 Å². The number of nitro groups is 1. The molecule has 4 aromatic rings. The molecule has 0 unspecified atom stereocenters. The predicted molar refractivity (Wildman–Crippen MR) is 117 cm³/mol. The number of aromatic nitrogens is 2. The molecular formula is C23H18N4O4. The zero-order valence-corrected chi connectivity index (χ0v) is 16.6. The van der Waals surface area contributed by atoms with Crippen LogP contribution in [-0.4, -0.2) is 27.7 Å². The molecule has 0 saturated heterocycles. The van der Waals surface area contributed by atoms with Crippen LogP contribution in [0.5, 0.6) is 5.75 Å². The number of non-ortho nitro benzene ring substituents is 1. The number of benzene rings is 3. The van der Waals surface area contributed by atoms with Gasteiger partial charge in [0.05, 0.1) is 23.3 Å². The molecule has 1 heterocycles. The number of amides is 1. The minimum atomic E-state index is -0.469. The number of hydrogen-bond donors (Lipinski definition) is 1. The second-order valence-corrected chi connectivity index (χ2v) is 6.66. The maximum Gasteiger partial charge on any atom is 0.269 e. The van der Waals surface area contributed by atoms with E-state index in [1.165, 1.54) is 12.1 Å². The number of ether oxygens (including phenoxy) is 1. The van der Waals surface area contributed by atoms with Gasteiger partial charge >= 0.3 is 0 Å². The second-order valence-electron chi connectivity index (χ2n) is 6.66. The van der Waals surface area contributed by atoms with E-state index in [0.717, 1.165) is 5.69 Å². The quantitative estimate of drug-likeness (QED) is 0.364. The Labute approximate surface area is 177 Å². The third kappa shape index (κ3) is 4.27. The van der Waals surface area contributed by atoms with Crippen molar-refractivity contribution in [2.45, 2.75) is 0 Å². The molecule has 154 valence electrons. The summed E-state index contributed by atoms with van der Waals surface area (Å²) in [5, 5.41) is 18.4. The zero-order valence-electron chi connectivity index (χ0n) is 16.6. The Morgan fingerprint density at radius 2 is 1.68 bits per heavy atom. The van der Waals surface area contributed by atoms with Gasteiger partial charge in [-0.05, 0) is 48.5 Å². The van der Waals surface area contributed by atoms with Crippen molar-refractivity contribution >= 4 is 17.3 Å².